The molecule has 3 rings (SSSR count). The summed E-state index contributed by atoms with van der Waals surface area (Å²) in [5.74, 6) is 1.50. The molecule has 1 aromatic heterocycles. The fraction of sp³-hybridized carbons (Fsp3) is 0.765. The van der Waals surface area contributed by atoms with E-state index in [1.807, 2.05) is 0 Å². The number of aryl methyl sites for hydroxylation is 1. The summed E-state index contributed by atoms with van der Waals surface area (Å²) in [6.45, 7) is 3.12. The molecular formula is C17H28N4O. The smallest absolute Gasteiger partial charge is 0.159 e. The topological polar surface area (TPSA) is 70.1 Å². The lowest BCUT2D eigenvalue weighted by Gasteiger charge is -2.24. The predicted molar refractivity (Wildman–Crippen MR) is 89.2 cm³/mol. The first-order valence-corrected chi connectivity index (χ1v) is 8.87. The van der Waals surface area contributed by atoms with E-state index >= 15 is 0 Å². The van der Waals surface area contributed by atoms with Crippen molar-refractivity contribution >= 4 is 11.5 Å². The highest BCUT2D eigenvalue weighted by Gasteiger charge is 2.23. The molecule has 2 aliphatic rings. The van der Waals surface area contributed by atoms with Crippen molar-refractivity contribution in [2.24, 2.45) is 0 Å². The van der Waals surface area contributed by atoms with Gasteiger partial charge in [-0.05, 0) is 32.1 Å². The Balaban J connectivity index is 1.84. The fourth-order valence-corrected chi connectivity index (χ4v) is 3.41. The normalized spacial score (nSPS) is 19.5. The number of hydrogen-bond donors (Lipinski definition) is 3. The van der Waals surface area contributed by atoms with Gasteiger partial charge in [0.2, 0.25) is 0 Å². The van der Waals surface area contributed by atoms with Gasteiger partial charge in [-0.25, -0.2) is 9.97 Å². The van der Waals surface area contributed by atoms with Crippen LogP contribution in [0.3, 0.4) is 0 Å². The first-order valence-electron chi connectivity index (χ1n) is 8.87. The van der Waals surface area contributed by atoms with Gasteiger partial charge in [0.15, 0.2) is 11.6 Å². The van der Waals surface area contributed by atoms with Crippen LogP contribution in [-0.4, -0.2) is 27.7 Å². The van der Waals surface area contributed by atoms with E-state index < -0.39 is 6.10 Å². The molecule has 22 heavy (non-hydrogen) atoms. The molecule has 0 spiro atoms. The fourth-order valence-electron chi connectivity index (χ4n) is 3.41. The highest BCUT2D eigenvalue weighted by molar-refractivity contribution is 5.68. The minimum absolute atomic E-state index is 0.517. The van der Waals surface area contributed by atoms with Crippen molar-refractivity contribution < 1.29 is 5.11 Å². The minimum Gasteiger partial charge on any atom is -0.385 e. The Labute approximate surface area is 132 Å². The summed E-state index contributed by atoms with van der Waals surface area (Å²) in [6, 6.07) is 0.517. The highest BCUT2D eigenvalue weighted by atomic mass is 16.3. The van der Waals surface area contributed by atoms with Crippen LogP contribution in [-0.2, 0) is 6.42 Å². The molecule has 1 fully saturated rings. The van der Waals surface area contributed by atoms with Gasteiger partial charge in [0.05, 0.1) is 11.4 Å². The van der Waals surface area contributed by atoms with Crippen molar-refractivity contribution in [3.8, 4) is 0 Å². The van der Waals surface area contributed by atoms with Crippen molar-refractivity contribution in [1.29, 1.82) is 0 Å². The summed E-state index contributed by atoms with van der Waals surface area (Å²) >= 11 is 0. The van der Waals surface area contributed by atoms with E-state index in [0.717, 1.165) is 55.8 Å². The molecular weight excluding hydrogens is 276 g/mol. The summed E-state index contributed by atoms with van der Waals surface area (Å²) in [6.07, 6.45) is 9.37. The van der Waals surface area contributed by atoms with E-state index in [-0.39, 0.29) is 0 Å². The van der Waals surface area contributed by atoms with Crippen molar-refractivity contribution in [3.05, 3.63) is 11.5 Å². The van der Waals surface area contributed by atoms with Crippen LogP contribution in [0.15, 0.2) is 0 Å². The largest absolute Gasteiger partial charge is 0.385 e. The molecule has 1 unspecified atom stereocenters. The average molecular weight is 304 g/mol. The van der Waals surface area contributed by atoms with Gasteiger partial charge in [-0.1, -0.05) is 32.6 Å². The maximum atomic E-state index is 10.4. The molecule has 0 aromatic carbocycles. The lowest BCUT2D eigenvalue weighted by molar-refractivity contribution is 0.154. The van der Waals surface area contributed by atoms with Crippen LogP contribution in [0.4, 0.5) is 11.5 Å². The van der Waals surface area contributed by atoms with Gasteiger partial charge in [-0.15, -0.1) is 0 Å². The average Bonchev–Trinajstić information content (AvgIpc) is 3.05. The van der Waals surface area contributed by atoms with Gasteiger partial charge in [0.25, 0.3) is 0 Å². The Morgan fingerprint density at radius 1 is 1.27 bits per heavy atom. The van der Waals surface area contributed by atoms with Crippen molar-refractivity contribution in [2.45, 2.75) is 76.9 Å². The molecule has 122 valence electrons. The molecule has 5 nitrogen and oxygen atoms in total. The van der Waals surface area contributed by atoms with Gasteiger partial charge in [-0.3, -0.25) is 0 Å². The summed E-state index contributed by atoms with van der Waals surface area (Å²) < 4.78 is 0. The number of rotatable bonds is 6. The molecule has 1 aliphatic carbocycles. The van der Waals surface area contributed by atoms with Crippen LogP contribution in [0.5, 0.6) is 0 Å². The second-order valence-electron chi connectivity index (χ2n) is 6.57. The number of aliphatic hydroxyl groups excluding tert-OH is 1. The van der Waals surface area contributed by atoms with Gasteiger partial charge in [0, 0.05) is 12.6 Å². The van der Waals surface area contributed by atoms with E-state index in [4.69, 9.17) is 0 Å². The molecule has 1 aromatic rings. The van der Waals surface area contributed by atoms with Gasteiger partial charge < -0.3 is 15.7 Å². The number of aromatic nitrogens is 2. The third-order valence-corrected chi connectivity index (χ3v) is 4.72. The van der Waals surface area contributed by atoms with Crippen LogP contribution < -0.4 is 10.6 Å². The Kier molecular flexibility index (Phi) is 5.13. The Morgan fingerprint density at radius 3 is 2.86 bits per heavy atom. The Morgan fingerprint density at radius 2 is 2.09 bits per heavy atom. The zero-order valence-corrected chi connectivity index (χ0v) is 13.6. The van der Waals surface area contributed by atoms with Crippen LogP contribution in [0.2, 0.25) is 0 Å². The van der Waals surface area contributed by atoms with E-state index in [0.29, 0.717) is 11.9 Å². The van der Waals surface area contributed by atoms with E-state index in [9.17, 15) is 5.11 Å². The third kappa shape index (κ3) is 3.51. The van der Waals surface area contributed by atoms with E-state index in [2.05, 4.69) is 27.5 Å². The quantitative estimate of drug-likeness (QED) is 0.751. The zero-order valence-electron chi connectivity index (χ0n) is 13.6. The molecule has 3 N–H and O–H groups in total. The molecule has 0 radical (unpaired) electrons. The first kappa shape index (κ1) is 15.5. The van der Waals surface area contributed by atoms with Crippen molar-refractivity contribution in [3.63, 3.8) is 0 Å². The van der Waals surface area contributed by atoms with Crippen molar-refractivity contribution in [1.82, 2.24) is 9.97 Å². The number of unbranched alkanes of at least 4 members (excludes halogenated alkanes) is 1. The number of nitrogens with zero attached hydrogens (tertiary/aromatic N) is 2. The molecule has 2 heterocycles. The van der Waals surface area contributed by atoms with Crippen LogP contribution in [0, 0.1) is 0 Å². The molecule has 5 heteroatoms. The first-order chi connectivity index (χ1) is 10.8. The summed E-state index contributed by atoms with van der Waals surface area (Å²) in [7, 11) is 0. The number of hydrogen-bond acceptors (Lipinski definition) is 5. The maximum absolute atomic E-state index is 10.4. The van der Waals surface area contributed by atoms with Gasteiger partial charge in [0.1, 0.15) is 6.10 Å². The lowest BCUT2D eigenvalue weighted by Crippen LogP contribution is -2.23. The lowest BCUT2D eigenvalue weighted by atomic mass is 10.1. The van der Waals surface area contributed by atoms with Crippen LogP contribution in [0.1, 0.15) is 75.9 Å². The maximum Gasteiger partial charge on any atom is 0.159 e. The highest BCUT2D eigenvalue weighted by Crippen LogP contribution is 2.32. The second kappa shape index (κ2) is 7.27. The number of aliphatic hydroxyl groups is 1. The molecule has 1 atom stereocenters. The van der Waals surface area contributed by atoms with Crippen LogP contribution >= 0.6 is 0 Å². The number of nitrogens with one attached hydrogen (secondary N) is 2. The van der Waals surface area contributed by atoms with E-state index in [1.54, 1.807) is 0 Å². The Hall–Kier alpha value is -1.36. The van der Waals surface area contributed by atoms with Gasteiger partial charge >= 0.3 is 0 Å². The Bertz CT molecular complexity index is 500. The van der Waals surface area contributed by atoms with E-state index in [1.165, 1.54) is 25.7 Å². The summed E-state index contributed by atoms with van der Waals surface area (Å²) in [5.41, 5.74) is 2.12. The second-order valence-corrected chi connectivity index (χ2v) is 6.57. The van der Waals surface area contributed by atoms with Crippen molar-refractivity contribution in [2.75, 3.05) is 17.2 Å². The standard InChI is InChI=1S/C17H28N4O/c1-2-3-10-14(22)16-20-13-9-6-11-18-15(13)17(21-16)19-12-7-4-5-8-12/h12,14,18,22H,2-11H2,1H3,(H,19,20,21). The van der Waals surface area contributed by atoms with Crippen LogP contribution in [0.25, 0.3) is 0 Å². The summed E-state index contributed by atoms with van der Waals surface area (Å²) in [5, 5.41) is 17.4. The minimum atomic E-state index is -0.545. The molecule has 0 saturated heterocycles. The zero-order chi connectivity index (χ0) is 15.4. The number of anilines is 2. The molecule has 0 bridgehead atoms. The van der Waals surface area contributed by atoms with Gasteiger partial charge in [-0.2, -0.15) is 0 Å². The summed E-state index contributed by atoms with van der Waals surface area (Å²) in [4.78, 5) is 9.31. The SMILES string of the molecule is CCCCC(O)c1nc2c(c(NC3CCCC3)n1)NCCC2. The third-order valence-electron chi connectivity index (χ3n) is 4.72. The number of fused-ring (bicyclic) bond motifs is 1. The predicted octanol–water partition coefficient (Wildman–Crippen LogP) is 3.41. The molecule has 1 saturated carbocycles. The molecule has 0 amide bonds. The monoisotopic (exact) mass is 304 g/mol. The molecule has 1 aliphatic heterocycles.